The molecule has 0 unspecified atom stereocenters. The highest BCUT2D eigenvalue weighted by molar-refractivity contribution is 5.97. The van der Waals surface area contributed by atoms with Crippen LogP contribution in [0.15, 0.2) is 35.1 Å². The molecular weight excluding hydrogens is 310 g/mol. The lowest BCUT2D eigenvalue weighted by molar-refractivity contribution is -0.145. The second-order valence-electron chi connectivity index (χ2n) is 6.07. The van der Waals surface area contributed by atoms with Gasteiger partial charge in [0.1, 0.15) is 5.54 Å². The van der Waals surface area contributed by atoms with Crippen molar-refractivity contribution in [3.05, 3.63) is 36.3 Å². The Morgan fingerprint density at radius 2 is 1.96 bits per heavy atom. The van der Waals surface area contributed by atoms with Crippen LogP contribution in [0.2, 0.25) is 0 Å². The Morgan fingerprint density at radius 1 is 1.21 bits per heavy atom. The van der Waals surface area contributed by atoms with Crippen LogP contribution in [0.5, 0.6) is 0 Å². The van der Waals surface area contributed by atoms with Gasteiger partial charge in [-0.05, 0) is 25.0 Å². The third-order valence-corrected chi connectivity index (χ3v) is 4.41. The fourth-order valence-corrected chi connectivity index (χ4v) is 3.03. The van der Waals surface area contributed by atoms with Gasteiger partial charge >= 0.3 is 5.97 Å². The minimum atomic E-state index is -1.22. The lowest BCUT2D eigenvalue weighted by Crippen LogP contribution is -2.54. The summed E-state index contributed by atoms with van der Waals surface area (Å²) in [5, 5.41) is 16.1. The molecule has 1 aliphatic carbocycles. The minimum Gasteiger partial charge on any atom is -0.480 e. The molecule has 1 fully saturated rings. The first-order chi connectivity index (χ1) is 11.6. The zero-order valence-electron chi connectivity index (χ0n) is 13.2. The van der Waals surface area contributed by atoms with E-state index in [0.29, 0.717) is 24.2 Å². The van der Waals surface area contributed by atoms with Crippen molar-refractivity contribution in [2.24, 2.45) is 0 Å². The van der Waals surface area contributed by atoms with E-state index in [1.807, 2.05) is 0 Å². The monoisotopic (exact) mass is 329 g/mol. The van der Waals surface area contributed by atoms with Crippen LogP contribution < -0.4 is 5.32 Å². The van der Waals surface area contributed by atoms with E-state index in [0.717, 1.165) is 25.7 Å². The molecule has 0 atom stereocenters. The predicted molar refractivity (Wildman–Crippen MR) is 85.3 cm³/mol. The number of carbonyl (C=O) groups is 2. The molecule has 2 aromatic rings. The van der Waals surface area contributed by atoms with Crippen LogP contribution in [-0.4, -0.2) is 32.7 Å². The Balaban J connectivity index is 1.79. The van der Waals surface area contributed by atoms with Crippen molar-refractivity contribution in [1.29, 1.82) is 0 Å². The van der Waals surface area contributed by atoms with E-state index in [-0.39, 0.29) is 5.69 Å². The summed E-state index contributed by atoms with van der Waals surface area (Å²) in [6, 6.07) is 5.04. The van der Waals surface area contributed by atoms with Gasteiger partial charge in [-0.15, -0.1) is 0 Å². The number of carboxylic acids is 1. The third-order valence-electron chi connectivity index (χ3n) is 4.41. The lowest BCUT2D eigenvalue weighted by atomic mass is 9.90. The first-order valence-corrected chi connectivity index (χ1v) is 8.04. The molecule has 2 N–H and O–H groups in total. The minimum absolute atomic E-state index is 0.0683. The van der Waals surface area contributed by atoms with Crippen molar-refractivity contribution in [3.8, 4) is 11.3 Å². The summed E-state index contributed by atoms with van der Waals surface area (Å²) < 4.78 is 5.18. The van der Waals surface area contributed by atoms with E-state index in [9.17, 15) is 14.7 Å². The molecule has 1 amide bonds. The Kier molecular flexibility index (Phi) is 4.59. The number of aromatic nitrogens is 2. The zero-order valence-corrected chi connectivity index (χ0v) is 13.2. The predicted octanol–water partition coefficient (Wildman–Crippen LogP) is 2.64. The van der Waals surface area contributed by atoms with Gasteiger partial charge < -0.3 is 14.9 Å². The average Bonchev–Trinajstić information content (AvgIpc) is 2.97. The molecule has 0 aromatic carbocycles. The summed E-state index contributed by atoms with van der Waals surface area (Å²) in [6.45, 7) is 0. The standard InChI is InChI=1S/C17H19N3O4/c21-15(19-17(16(22)23)7-3-1-2-4-8-17)13-10-14(24-20-13)12-6-5-9-18-11-12/h5-6,9-11H,1-4,7-8H2,(H,19,21)(H,22,23). The normalized spacial score (nSPS) is 17.0. The van der Waals surface area contributed by atoms with Gasteiger partial charge in [0.15, 0.2) is 11.5 Å². The molecule has 7 nitrogen and oxygen atoms in total. The van der Waals surface area contributed by atoms with Crippen LogP contribution in [0.4, 0.5) is 0 Å². The molecule has 2 heterocycles. The van der Waals surface area contributed by atoms with Crippen molar-refractivity contribution in [1.82, 2.24) is 15.5 Å². The maximum Gasteiger partial charge on any atom is 0.329 e. The molecule has 0 bridgehead atoms. The van der Waals surface area contributed by atoms with Crippen molar-refractivity contribution in [3.63, 3.8) is 0 Å². The van der Waals surface area contributed by atoms with Gasteiger partial charge in [0.05, 0.1) is 0 Å². The number of hydrogen-bond acceptors (Lipinski definition) is 5. The molecule has 0 saturated heterocycles. The fourth-order valence-electron chi connectivity index (χ4n) is 3.03. The first kappa shape index (κ1) is 16.2. The van der Waals surface area contributed by atoms with E-state index in [1.165, 1.54) is 6.07 Å². The van der Waals surface area contributed by atoms with E-state index < -0.39 is 17.4 Å². The van der Waals surface area contributed by atoms with E-state index >= 15 is 0 Å². The SMILES string of the molecule is O=C(NC1(C(=O)O)CCCCCC1)c1cc(-c2cccnc2)on1. The number of pyridine rings is 1. The quantitative estimate of drug-likeness (QED) is 0.835. The Morgan fingerprint density at radius 3 is 2.58 bits per heavy atom. The number of nitrogens with one attached hydrogen (secondary N) is 1. The van der Waals surface area contributed by atoms with Crippen LogP contribution in [-0.2, 0) is 4.79 Å². The summed E-state index contributed by atoms with van der Waals surface area (Å²) in [4.78, 5) is 28.2. The summed E-state index contributed by atoms with van der Waals surface area (Å²) >= 11 is 0. The highest BCUT2D eigenvalue weighted by Gasteiger charge is 2.40. The number of rotatable bonds is 4. The summed E-state index contributed by atoms with van der Waals surface area (Å²) in [5.41, 5.74) is -0.453. The van der Waals surface area contributed by atoms with Crippen LogP contribution in [0.3, 0.4) is 0 Å². The molecule has 1 saturated carbocycles. The largest absolute Gasteiger partial charge is 0.480 e. The van der Waals surface area contributed by atoms with Crippen LogP contribution >= 0.6 is 0 Å². The topological polar surface area (TPSA) is 105 Å². The number of hydrogen-bond donors (Lipinski definition) is 2. The van der Waals surface area contributed by atoms with E-state index in [2.05, 4.69) is 15.5 Å². The number of nitrogens with zero attached hydrogens (tertiary/aromatic N) is 2. The molecule has 126 valence electrons. The zero-order chi connectivity index (χ0) is 17.0. The van der Waals surface area contributed by atoms with Crippen molar-refractivity contribution in [2.45, 2.75) is 44.1 Å². The maximum atomic E-state index is 12.5. The smallest absolute Gasteiger partial charge is 0.329 e. The average molecular weight is 329 g/mol. The van der Waals surface area contributed by atoms with E-state index in [1.54, 1.807) is 24.5 Å². The Hall–Kier alpha value is -2.70. The number of aliphatic carboxylic acids is 1. The molecule has 2 aromatic heterocycles. The van der Waals surface area contributed by atoms with Crippen molar-refractivity contribution in [2.75, 3.05) is 0 Å². The third kappa shape index (κ3) is 3.29. The number of carboxylic acid groups (broad SMARTS) is 1. The lowest BCUT2D eigenvalue weighted by Gasteiger charge is -2.28. The van der Waals surface area contributed by atoms with Gasteiger partial charge in [-0.25, -0.2) is 4.79 Å². The molecule has 24 heavy (non-hydrogen) atoms. The molecule has 0 aliphatic heterocycles. The molecule has 0 radical (unpaired) electrons. The van der Waals surface area contributed by atoms with Crippen LogP contribution in [0.1, 0.15) is 49.0 Å². The van der Waals surface area contributed by atoms with Crippen molar-refractivity contribution < 1.29 is 19.2 Å². The first-order valence-electron chi connectivity index (χ1n) is 8.04. The second-order valence-corrected chi connectivity index (χ2v) is 6.07. The molecule has 3 rings (SSSR count). The van der Waals surface area contributed by atoms with Crippen LogP contribution in [0.25, 0.3) is 11.3 Å². The van der Waals surface area contributed by atoms with Gasteiger partial charge in [-0.2, -0.15) is 0 Å². The van der Waals surface area contributed by atoms with E-state index in [4.69, 9.17) is 4.52 Å². The van der Waals surface area contributed by atoms with Gasteiger partial charge in [0, 0.05) is 24.0 Å². The summed E-state index contributed by atoms with van der Waals surface area (Å²) in [5.74, 6) is -1.11. The maximum absolute atomic E-state index is 12.5. The van der Waals surface area contributed by atoms with Gasteiger partial charge in [0.2, 0.25) is 0 Å². The molecule has 0 spiro atoms. The number of carbonyl (C=O) groups excluding carboxylic acids is 1. The van der Waals surface area contributed by atoms with Gasteiger partial charge in [0.25, 0.3) is 5.91 Å². The van der Waals surface area contributed by atoms with Gasteiger partial charge in [-0.3, -0.25) is 9.78 Å². The Bertz CT molecular complexity index is 718. The van der Waals surface area contributed by atoms with Gasteiger partial charge in [-0.1, -0.05) is 30.8 Å². The summed E-state index contributed by atoms with van der Waals surface area (Å²) in [6.07, 6.45) is 7.64. The van der Waals surface area contributed by atoms with Crippen molar-refractivity contribution >= 4 is 11.9 Å². The highest BCUT2D eigenvalue weighted by atomic mass is 16.5. The Labute approximate surface area is 139 Å². The van der Waals surface area contributed by atoms with Crippen LogP contribution in [0, 0.1) is 0 Å². The molecular formula is C17H19N3O4. The second kappa shape index (κ2) is 6.82. The molecule has 7 heteroatoms. The fraction of sp³-hybridized carbons (Fsp3) is 0.412. The highest BCUT2D eigenvalue weighted by Crippen LogP contribution is 2.28. The number of amides is 1. The molecule has 1 aliphatic rings. The summed E-state index contributed by atoms with van der Waals surface area (Å²) in [7, 11) is 0.